The summed E-state index contributed by atoms with van der Waals surface area (Å²) >= 11 is 0. The molecule has 0 aliphatic carbocycles. The molecule has 0 fully saturated rings. The minimum absolute atomic E-state index is 0.252. The molecule has 0 amide bonds. The highest BCUT2D eigenvalue weighted by Crippen LogP contribution is 2.23. The minimum atomic E-state index is -0.407. The first-order valence-corrected chi connectivity index (χ1v) is 5.67. The summed E-state index contributed by atoms with van der Waals surface area (Å²) < 4.78 is 13.6. The van der Waals surface area contributed by atoms with Crippen molar-refractivity contribution in [3.05, 3.63) is 70.5 Å². The average molecular weight is 229 g/mol. The second-order valence-corrected chi connectivity index (χ2v) is 4.34. The van der Waals surface area contributed by atoms with E-state index >= 15 is 0 Å². The van der Waals surface area contributed by atoms with Gasteiger partial charge in [-0.3, -0.25) is 0 Å². The summed E-state index contributed by atoms with van der Waals surface area (Å²) in [5.41, 5.74) is 9.97. The SMILES string of the molecule is Cc1ccc(C(N)c2ccccc2F)cc1C. The molecule has 17 heavy (non-hydrogen) atoms. The van der Waals surface area contributed by atoms with Gasteiger partial charge in [-0.15, -0.1) is 0 Å². The van der Waals surface area contributed by atoms with Gasteiger partial charge in [-0.25, -0.2) is 4.39 Å². The van der Waals surface area contributed by atoms with E-state index < -0.39 is 6.04 Å². The first-order chi connectivity index (χ1) is 8.09. The first-order valence-electron chi connectivity index (χ1n) is 5.67. The summed E-state index contributed by atoms with van der Waals surface area (Å²) in [7, 11) is 0. The summed E-state index contributed by atoms with van der Waals surface area (Å²) in [5, 5.41) is 0. The van der Waals surface area contributed by atoms with Crippen LogP contribution in [-0.4, -0.2) is 0 Å². The molecule has 2 rings (SSSR count). The van der Waals surface area contributed by atoms with Gasteiger partial charge in [0.1, 0.15) is 5.82 Å². The van der Waals surface area contributed by atoms with Crippen molar-refractivity contribution >= 4 is 0 Å². The van der Waals surface area contributed by atoms with Crippen LogP contribution in [0, 0.1) is 19.7 Å². The number of hydrogen-bond donors (Lipinski definition) is 1. The van der Waals surface area contributed by atoms with Crippen molar-refractivity contribution in [1.29, 1.82) is 0 Å². The van der Waals surface area contributed by atoms with Crippen molar-refractivity contribution in [2.45, 2.75) is 19.9 Å². The van der Waals surface area contributed by atoms with Crippen molar-refractivity contribution < 1.29 is 4.39 Å². The van der Waals surface area contributed by atoms with Crippen LogP contribution < -0.4 is 5.73 Å². The highest BCUT2D eigenvalue weighted by Gasteiger charge is 2.13. The van der Waals surface area contributed by atoms with Crippen molar-refractivity contribution in [2.24, 2.45) is 5.73 Å². The van der Waals surface area contributed by atoms with E-state index in [0.717, 1.165) is 5.56 Å². The van der Waals surface area contributed by atoms with Crippen LogP contribution in [0.25, 0.3) is 0 Å². The Morgan fingerprint density at radius 2 is 1.71 bits per heavy atom. The van der Waals surface area contributed by atoms with Gasteiger partial charge in [0.15, 0.2) is 0 Å². The molecule has 1 unspecified atom stereocenters. The smallest absolute Gasteiger partial charge is 0.128 e. The predicted molar refractivity (Wildman–Crippen MR) is 68.3 cm³/mol. The van der Waals surface area contributed by atoms with Gasteiger partial charge in [-0.05, 0) is 36.6 Å². The second kappa shape index (κ2) is 4.68. The first kappa shape index (κ1) is 11.8. The number of rotatable bonds is 2. The van der Waals surface area contributed by atoms with Gasteiger partial charge in [0.2, 0.25) is 0 Å². The number of halogens is 1. The maximum Gasteiger partial charge on any atom is 0.128 e. The van der Waals surface area contributed by atoms with Gasteiger partial charge in [0, 0.05) is 5.56 Å². The standard InChI is InChI=1S/C15H16FN/c1-10-7-8-12(9-11(10)2)15(17)13-5-3-4-6-14(13)16/h3-9,15H,17H2,1-2H3. The largest absolute Gasteiger partial charge is 0.320 e. The van der Waals surface area contributed by atoms with Crippen LogP contribution in [0.5, 0.6) is 0 Å². The van der Waals surface area contributed by atoms with Crippen LogP contribution in [-0.2, 0) is 0 Å². The van der Waals surface area contributed by atoms with Gasteiger partial charge in [-0.1, -0.05) is 36.4 Å². The zero-order valence-electron chi connectivity index (χ0n) is 10.1. The minimum Gasteiger partial charge on any atom is -0.320 e. The third kappa shape index (κ3) is 2.37. The van der Waals surface area contributed by atoms with Gasteiger partial charge < -0.3 is 5.73 Å². The van der Waals surface area contributed by atoms with E-state index in [4.69, 9.17) is 5.73 Å². The molecular formula is C15H16FN. The van der Waals surface area contributed by atoms with Gasteiger partial charge in [0.25, 0.3) is 0 Å². The Balaban J connectivity index is 2.40. The number of nitrogens with two attached hydrogens (primary N) is 1. The third-order valence-electron chi connectivity index (χ3n) is 3.13. The molecule has 0 spiro atoms. The van der Waals surface area contributed by atoms with Crippen molar-refractivity contribution in [3.8, 4) is 0 Å². The van der Waals surface area contributed by atoms with Gasteiger partial charge in [0.05, 0.1) is 6.04 Å². The fraction of sp³-hybridized carbons (Fsp3) is 0.200. The van der Waals surface area contributed by atoms with E-state index in [1.54, 1.807) is 18.2 Å². The molecule has 1 nitrogen and oxygen atoms in total. The molecule has 0 bridgehead atoms. The summed E-state index contributed by atoms with van der Waals surface area (Å²) in [6, 6.07) is 12.2. The molecule has 0 aromatic heterocycles. The topological polar surface area (TPSA) is 26.0 Å². The number of aryl methyl sites for hydroxylation is 2. The summed E-state index contributed by atoms with van der Waals surface area (Å²) in [6.45, 7) is 4.08. The lowest BCUT2D eigenvalue weighted by molar-refractivity contribution is 0.599. The van der Waals surface area contributed by atoms with Crippen LogP contribution in [0.3, 0.4) is 0 Å². The van der Waals surface area contributed by atoms with Crippen LogP contribution in [0.2, 0.25) is 0 Å². The predicted octanol–water partition coefficient (Wildman–Crippen LogP) is 3.49. The fourth-order valence-electron chi connectivity index (χ4n) is 1.86. The second-order valence-electron chi connectivity index (χ2n) is 4.34. The Bertz CT molecular complexity index is 534. The molecule has 0 heterocycles. The Morgan fingerprint density at radius 1 is 1.00 bits per heavy atom. The number of hydrogen-bond acceptors (Lipinski definition) is 1. The molecule has 0 saturated carbocycles. The van der Waals surface area contributed by atoms with Crippen molar-refractivity contribution in [2.75, 3.05) is 0 Å². The van der Waals surface area contributed by atoms with E-state index in [9.17, 15) is 4.39 Å². The van der Waals surface area contributed by atoms with Crippen molar-refractivity contribution in [1.82, 2.24) is 0 Å². The molecule has 0 radical (unpaired) electrons. The Labute approximate surface area is 101 Å². The molecule has 0 aliphatic rings. The molecular weight excluding hydrogens is 213 g/mol. The van der Waals surface area contributed by atoms with Gasteiger partial charge in [-0.2, -0.15) is 0 Å². The summed E-state index contributed by atoms with van der Waals surface area (Å²) in [4.78, 5) is 0. The maximum atomic E-state index is 13.6. The normalized spacial score (nSPS) is 12.5. The fourth-order valence-corrected chi connectivity index (χ4v) is 1.86. The van der Waals surface area contributed by atoms with Crippen LogP contribution in [0.1, 0.15) is 28.3 Å². The average Bonchev–Trinajstić information content (AvgIpc) is 2.32. The van der Waals surface area contributed by atoms with E-state index in [-0.39, 0.29) is 5.82 Å². The van der Waals surface area contributed by atoms with E-state index in [1.807, 2.05) is 32.0 Å². The highest BCUT2D eigenvalue weighted by atomic mass is 19.1. The lowest BCUT2D eigenvalue weighted by Crippen LogP contribution is -2.13. The highest BCUT2D eigenvalue weighted by molar-refractivity contribution is 5.37. The zero-order valence-corrected chi connectivity index (χ0v) is 10.1. The summed E-state index contributed by atoms with van der Waals surface area (Å²) in [6.07, 6.45) is 0. The molecule has 1 atom stereocenters. The molecule has 2 heteroatoms. The molecule has 0 aliphatic heterocycles. The van der Waals surface area contributed by atoms with Crippen LogP contribution in [0.15, 0.2) is 42.5 Å². The van der Waals surface area contributed by atoms with E-state index in [1.165, 1.54) is 17.2 Å². The number of benzene rings is 2. The molecule has 0 saturated heterocycles. The Morgan fingerprint density at radius 3 is 2.35 bits per heavy atom. The Hall–Kier alpha value is -1.67. The van der Waals surface area contributed by atoms with Crippen molar-refractivity contribution in [3.63, 3.8) is 0 Å². The summed E-state index contributed by atoms with van der Waals surface area (Å²) in [5.74, 6) is -0.252. The van der Waals surface area contributed by atoms with Crippen LogP contribution in [0.4, 0.5) is 4.39 Å². The Kier molecular flexibility index (Phi) is 3.25. The molecule has 2 N–H and O–H groups in total. The lowest BCUT2D eigenvalue weighted by Gasteiger charge is -2.14. The van der Waals surface area contributed by atoms with Crippen LogP contribution >= 0.6 is 0 Å². The maximum absolute atomic E-state index is 13.6. The monoisotopic (exact) mass is 229 g/mol. The zero-order chi connectivity index (χ0) is 12.4. The molecule has 2 aromatic rings. The lowest BCUT2D eigenvalue weighted by atomic mass is 9.96. The third-order valence-corrected chi connectivity index (χ3v) is 3.13. The van der Waals surface area contributed by atoms with Gasteiger partial charge >= 0.3 is 0 Å². The molecule has 2 aromatic carbocycles. The van der Waals surface area contributed by atoms with E-state index in [2.05, 4.69) is 0 Å². The molecule has 88 valence electrons. The quantitative estimate of drug-likeness (QED) is 0.838. The van der Waals surface area contributed by atoms with E-state index in [0.29, 0.717) is 5.56 Å².